The normalized spacial score (nSPS) is 14.9. The second kappa shape index (κ2) is 9.27. The molecule has 0 bridgehead atoms. The molecule has 3 aromatic rings. The molecule has 0 aromatic carbocycles. The number of esters is 1. The standard InChI is InChI=1S/C21H24N6O5/c1-13-18(14(2)31-24-13)19-23-17(25-32-19)12-26-7-4-8-27(10-9-26)20(28)16-6-5-15(11-22-16)21(29)30-3/h5-6,11H,4,7-10,12H2,1-3H3. The van der Waals surface area contributed by atoms with Crippen molar-refractivity contribution in [1.82, 2.24) is 30.1 Å². The van der Waals surface area contributed by atoms with Crippen LogP contribution >= 0.6 is 0 Å². The predicted molar refractivity (Wildman–Crippen MR) is 111 cm³/mol. The van der Waals surface area contributed by atoms with Crippen LogP contribution in [0.2, 0.25) is 0 Å². The minimum Gasteiger partial charge on any atom is -0.465 e. The van der Waals surface area contributed by atoms with Crippen molar-refractivity contribution in [2.75, 3.05) is 33.3 Å². The average Bonchev–Trinajstić information content (AvgIpc) is 3.31. The Hall–Kier alpha value is -3.60. The molecule has 1 aliphatic rings. The van der Waals surface area contributed by atoms with Crippen LogP contribution in [0.25, 0.3) is 11.5 Å². The molecule has 0 spiro atoms. The summed E-state index contributed by atoms with van der Waals surface area (Å²) in [6, 6.07) is 3.09. The molecule has 1 aliphatic heterocycles. The molecule has 0 aliphatic carbocycles. The highest BCUT2D eigenvalue weighted by Crippen LogP contribution is 2.25. The van der Waals surface area contributed by atoms with Crippen molar-refractivity contribution in [1.29, 1.82) is 0 Å². The van der Waals surface area contributed by atoms with Gasteiger partial charge < -0.3 is 18.7 Å². The van der Waals surface area contributed by atoms with E-state index >= 15 is 0 Å². The van der Waals surface area contributed by atoms with Crippen molar-refractivity contribution in [2.24, 2.45) is 0 Å². The van der Waals surface area contributed by atoms with Crippen LogP contribution in [-0.2, 0) is 11.3 Å². The summed E-state index contributed by atoms with van der Waals surface area (Å²) in [4.78, 5) is 36.9. The van der Waals surface area contributed by atoms with Gasteiger partial charge in [-0.1, -0.05) is 10.3 Å². The van der Waals surface area contributed by atoms with Crippen molar-refractivity contribution in [2.45, 2.75) is 26.8 Å². The van der Waals surface area contributed by atoms with Gasteiger partial charge in [0.25, 0.3) is 11.8 Å². The molecule has 32 heavy (non-hydrogen) atoms. The number of pyridine rings is 1. The quantitative estimate of drug-likeness (QED) is 0.542. The van der Waals surface area contributed by atoms with Crippen LogP contribution in [0.15, 0.2) is 27.4 Å². The molecule has 1 saturated heterocycles. The summed E-state index contributed by atoms with van der Waals surface area (Å²) in [6.45, 7) is 6.78. The number of hydrogen-bond acceptors (Lipinski definition) is 10. The largest absolute Gasteiger partial charge is 0.465 e. The van der Waals surface area contributed by atoms with Gasteiger partial charge in [0, 0.05) is 32.4 Å². The number of ether oxygens (including phenoxy) is 1. The molecule has 1 fully saturated rings. The van der Waals surface area contributed by atoms with Crippen LogP contribution in [0.4, 0.5) is 0 Å². The van der Waals surface area contributed by atoms with Gasteiger partial charge in [-0.05, 0) is 32.4 Å². The number of methoxy groups -OCH3 is 1. The smallest absolute Gasteiger partial charge is 0.339 e. The van der Waals surface area contributed by atoms with Gasteiger partial charge in [0.1, 0.15) is 17.0 Å². The summed E-state index contributed by atoms with van der Waals surface area (Å²) in [6.07, 6.45) is 2.16. The molecule has 3 aromatic heterocycles. The molecule has 1 amide bonds. The van der Waals surface area contributed by atoms with Crippen LogP contribution in [-0.4, -0.2) is 75.2 Å². The van der Waals surface area contributed by atoms with Crippen molar-refractivity contribution in [3.8, 4) is 11.5 Å². The van der Waals surface area contributed by atoms with E-state index in [1.807, 2.05) is 6.92 Å². The van der Waals surface area contributed by atoms with Gasteiger partial charge in [-0.25, -0.2) is 4.79 Å². The highest BCUT2D eigenvalue weighted by atomic mass is 16.5. The molecular weight excluding hydrogens is 416 g/mol. The number of carbonyl (C=O) groups excluding carboxylic acids is 2. The Bertz CT molecular complexity index is 1090. The first-order valence-corrected chi connectivity index (χ1v) is 10.3. The molecule has 0 N–H and O–H groups in total. The lowest BCUT2D eigenvalue weighted by Gasteiger charge is -2.21. The first-order valence-electron chi connectivity index (χ1n) is 10.3. The third-order valence-electron chi connectivity index (χ3n) is 5.36. The lowest BCUT2D eigenvalue weighted by molar-refractivity contribution is 0.0599. The highest BCUT2D eigenvalue weighted by molar-refractivity contribution is 5.94. The van der Waals surface area contributed by atoms with Gasteiger partial charge in [0.2, 0.25) is 0 Å². The Kier molecular flexibility index (Phi) is 6.26. The zero-order valence-corrected chi connectivity index (χ0v) is 18.2. The van der Waals surface area contributed by atoms with E-state index in [1.54, 1.807) is 24.0 Å². The van der Waals surface area contributed by atoms with Crippen molar-refractivity contribution in [3.05, 3.63) is 46.9 Å². The maximum atomic E-state index is 12.8. The second-order valence-corrected chi connectivity index (χ2v) is 7.56. The summed E-state index contributed by atoms with van der Waals surface area (Å²) in [5.74, 6) is 0.948. The van der Waals surface area contributed by atoms with E-state index in [1.165, 1.54) is 13.3 Å². The Morgan fingerprint density at radius 1 is 1.09 bits per heavy atom. The van der Waals surface area contributed by atoms with E-state index in [0.29, 0.717) is 60.6 Å². The van der Waals surface area contributed by atoms with Gasteiger partial charge in [-0.3, -0.25) is 14.7 Å². The Balaban J connectivity index is 1.36. The topological polar surface area (TPSA) is 128 Å². The third-order valence-corrected chi connectivity index (χ3v) is 5.36. The fraction of sp³-hybridized carbons (Fsp3) is 0.429. The molecule has 0 unspecified atom stereocenters. The van der Waals surface area contributed by atoms with Gasteiger partial charge in [-0.2, -0.15) is 4.98 Å². The first kappa shape index (κ1) is 21.6. The molecule has 168 valence electrons. The second-order valence-electron chi connectivity index (χ2n) is 7.56. The molecule has 11 nitrogen and oxygen atoms in total. The monoisotopic (exact) mass is 440 g/mol. The van der Waals surface area contributed by atoms with E-state index in [0.717, 1.165) is 18.5 Å². The van der Waals surface area contributed by atoms with E-state index in [2.05, 4.69) is 29.9 Å². The number of amides is 1. The molecule has 11 heteroatoms. The molecule has 4 rings (SSSR count). The van der Waals surface area contributed by atoms with Crippen LogP contribution in [0, 0.1) is 13.8 Å². The zero-order valence-electron chi connectivity index (χ0n) is 18.2. The van der Waals surface area contributed by atoms with Gasteiger partial charge in [0.05, 0.1) is 24.9 Å². The summed E-state index contributed by atoms with van der Waals surface area (Å²) < 4.78 is 15.2. The van der Waals surface area contributed by atoms with E-state index in [4.69, 9.17) is 9.05 Å². The Morgan fingerprint density at radius 3 is 2.62 bits per heavy atom. The summed E-state index contributed by atoms with van der Waals surface area (Å²) in [5.41, 5.74) is 2.03. The fourth-order valence-corrected chi connectivity index (χ4v) is 3.66. The first-order chi connectivity index (χ1) is 15.5. The van der Waals surface area contributed by atoms with Gasteiger partial charge in [0.15, 0.2) is 5.82 Å². The Labute approximate surface area is 184 Å². The summed E-state index contributed by atoms with van der Waals surface area (Å²) >= 11 is 0. The van der Waals surface area contributed by atoms with Crippen molar-refractivity contribution >= 4 is 11.9 Å². The lowest BCUT2D eigenvalue weighted by Crippen LogP contribution is -2.35. The number of aryl methyl sites for hydroxylation is 2. The van der Waals surface area contributed by atoms with E-state index in [9.17, 15) is 9.59 Å². The van der Waals surface area contributed by atoms with E-state index < -0.39 is 5.97 Å². The summed E-state index contributed by atoms with van der Waals surface area (Å²) in [7, 11) is 1.30. The average molecular weight is 440 g/mol. The maximum absolute atomic E-state index is 12.8. The SMILES string of the molecule is COC(=O)c1ccc(C(=O)N2CCCN(Cc3noc(-c4c(C)noc4C)n3)CC2)nc1. The van der Waals surface area contributed by atoms with Gasteiger partial charge in [-0.15, -0.1) is 0 Å². The minimum absolute atomic E-state index is 0.163. The minimum atomic E-state index is -0.485. The third kappa shape index (κ3) is 4.52. The molecular formula is C21H24N6O5. The van der Waals surface area contributed by atoms with Gasteiger partial charge >= 0.3 is 5.97 Å². The van der Waals surface area contributed by atoms with Crippen molar-refractivity contribution < 1.29 is 23.4 Å². The molecule has 0 saturated carbocycles. The molecule has 4 heterocycles. The van der Waals surface area contributed by atoms with Crippen LogP contribution in [0.5, 0.6) is 0 Å². The number of aromatic nitrogens is 4. The molecule has 0 atom stereocenters. The number of hydrogen-bond donors (Lipinski definition) is 0. The maximum Gasteiger partial charge on any atom is 0.339 e. The van der Waals surface area contributed by atoms with Crippen LogP contribution in [0.3, 0.4) is 0 Å². The van der Waals surface area contributed by atoms with Crippen LogP contribution in [0.1, 0.15) is 44.5 Å². The summed E-state index contributed by atoms with van der Waals surface area (Å²) in [5, 5.41) is 8.00. The fourth-order valence-electron chi connectivity index (χ4n) is 3.66. The number of carbonyl (C=O) groups is 2. The lowest BCUT2D eigenvalue weighted by atomic mass is 10.2. The zero-order chi connectivity index (χ0) is 22.7. The van der Waals surface area contributed by atoms with Crippen LogP contribution < -0.4 is 0 Å². The highest BCUT2D eigenvalue weighted by Gasteiger charge is 2.24. The molecule has 0 radical (unpaired) electrons. The van der Waals surface area contributed by atoms with Crippen molar-refractivity contribution in [3.63, 3.8) is 0 Å². The predicted octanol–water partition coefficient (Wildman–Crippen LogP) is 1.87. The number of nitrogens with zero attached hydrogens (tertiary/aromatic N) is 6. The Morgan fingerprint density at radius 2 is 1.94 bits per heavy atom. The van der Waals surface area contributed by atoms with E-state index in [-0.39, 0.29) is 5.91 Å². The number of rotatable bonds is 5.